The van der Waals surface area contributed by atoms with Crippen LogP contribution < -0.4 is 5.32 Å². The first-order valence-corrected chi connectivity index (χ1v) is 5.91. The van der Waals surface area contributed by atoms with Gasteiger partial charge in [0.15, 0.2) is 6.10 Å². The predicted molar refractivity (Wildman–Crippen MR) is 65.2 cm³/mol. The summed E-state index contributed by atoms with van der Waals surface area (Å²) in [5, 5.41) is 11.3. The molecule has 1 atom stereocenters. The van der Waals surface area contributed by atoms with Crippen molar-refractivity contribution < 1.29 is 23.1 Å². The number of aliphatic hydroxyl groups excluding tert-OH is 1. The largest absolute Gasteiger partial charge is 0.416 e. The number of rotatable bonds is 4. The average Bonchev–Trinajstić information content (AvgIpc) is 2.28. The number of carbonyl (C=O) groups excluding carboxylic acids is 1. The minimum atomic E-state index is -4.76. The van der Waals surface area contributed by atoms with E-state index in [1.165, 1.54) is 18.2 Å². The summed E-state index contributed by atoms with van der Waals surface area (Å²) in [6.07, 6.45) is -7.54. The van der Waals surface area contributed by atoms with Gasteiger partial charge < -0.3 is 10.4 Å². The fourth-order valence-corrected chi connectivity index (χ4v) is 1.70. The van der Waals surface area contributed by atoms with Crippen molar-refractivity contribution in [3.63, 3.8) is 0 Å². The van der Waals surface area contributed by atoms with E-state index < -0.39 is 24.7 Å². The van der Waals surface area contributed by atoms with Crippen molar-refractivity contribution >= 4 is 29.1 Å². The van der Waals surface area contributed by atoms with Gasteiger partial charge in [0.05, 0.1) is 13.0 Å². The molecule has 106 valence electrons. The third-order valence-electron chi connectivity index (χ3n) is 2.24. The summed E-state index contributed by atoms with van der Waals surface area (Å²) < 4.78 is 36.0. The van der Waals surface area contributed by atoms with Gasteiger partial charge in [-0.3, -0.25) is 4.79 Å². The first kappa shape index (κ1) is 16.1. The van der Waals surface area contributed by atoms with E-state index in [2.05, 4.69) is 0 Å². The molecule has 8 heteroatoms. The number of carbonyl (C=O) groups is 1. The lowest BCUT2D eigenvalue weighted by molar-refractivity contribution is -0.201. The van der Waals surface area contributed by atoms with Crippen LogP contribution in [0.4, 0.5) is 13.2 Å². The van der Waals surface area contributed by atoms with Gasteiger partial charge in [0.25, 0.3) is 0 Å². The van der Waals surface area contributed by atoms with Crippen molar-refractivity contribution in [2.45, 2.75) is 18.7 Å². The maximum Gasteiger partial charge on any atom is 0.416 e. The summed E-state index contributed by atoms with van der Waals surface area (Å²) in [7, 11) is 0. The quantitative estimate of drug-likeness (QED) is 0.897. The normalized spacial score (nSPS) is 13.2. The number of hydrogen-bond acceptors (Lipinski definition) is 2. The molecule has 0 saturated carbocycles. The lowest BCUT2D eigenvalue weighted by Crippen LogP contribution is -2.41. The van der Waals surface area contributed by atoms with Crippen molar-refractivity contribution in [2.24, 2.45) is 0 Å². The van der Waals surface area contributed by atoms with E-state index in [0.29, 0.717) is 10.6 Å². The van der Waals surface area contributed by atoms with Crippen LogP contribution in [0.15, 0.2) is 18.2 Å². The number of alkyl halides is 3. The Morgan fingerprint density at radius 2 is 2.00 bits per heavy atom. The lowest BCUT2D eigenvalue weighted by atomic mass is 10.1. The smallest absolute Gasteiger partial charge is 0.382 e. The SMILES string of the molecule is O=C(Cc1ccc(Cl)cc1Cl)NCC(O)C(F)(F)F. The minimum absolute atomic E-state index is 0.194. The first-order valence-electron chi connectivity index (χ1n) is 5.15. The molecule has 0 aliphatic rings. The topological polar surface area (TPSA) is 49.3 Å². The molecule has 1 unspecified atom stereocenters. The van der Waals surface area contributed by atoms with Crippen molar-refractivity contribution in [3.05, 3.63) is 33.8 Å². The van der Waals surface area contributed by atoms with E-state index >= 15 is 0 Å². The number of aliphatic hydroxyl groups is 1. The van der Waals surface area contributed by atoms with Gasteiger partial charge in [-0.05, 0) is 17.7 Å². The van der Waals surface area contributed by atoms with Crippen LogP contribution >= 0.6 is 23.2 Å². The Morgan fingerprint density at radius 3 is 2.53 bits per heavy atom. The second-order valence-corrected chi connectivity index (χ2v) is 4.62. The van der Waals surface area contributed by atoms with Crippen molar-refractivity contribution in [2.75, 3.05) is 6.54 Å². The summed E-state index contributed by atoms with van der Waals surface area (Å²) in [6, 6.07) is 4.45. The van der Waals surface area contributed by atoms with E-state index in [4.69, 9.17) is 28.3 Å². The standard InChI is InChI=1S/C11H10Cl2F3NO2/c12-7-2-1-6(8(13)4-7)3-10(19)17-5-9(18)11(14,15)16/h1-2,4,9,18H,3,5H2,(H,17,19). The zero-order chi connectivity index (χ0) is 14.6. The zero-order valence-corrected chi connectivity index (χ0v) is 11.0. The zero-order valence-electron chi connectivity index (χ0n) is 9.47. The molecule has 1 amide bonds. The molecule has 0 radical (unpaired) electrons. The summed E-state index contributed by atoms with van der Waals surface area (Å²) in [5.41, 5.74) is 0.435. The monoisotopic (exact) mass is 315 g/mol. The van der Waals surface area contributed by atoms with E-state index in [1.54, 1.807) is 0 Å². The molecule has 0 aliphatic heterocycles. The molecule has 2 N–H and O–H groups in total. The number of hydrogen-bond donors (Lipinski definition) is 2. The Balaban J connectivity index is 2.52. The van der Waals surface area contributed by atoms with Gasteiger partial charge >= 0.3 is 6.18 Å². The van der Waals surface area contributed by atoms with Gasteiger partial charge in [0, 0.05) is 10.0 Å². The Kier molecular flexibility index (Phi) is 5.46. The highest BCUT2D eigenvalue weighted by Crippen LogP contribution is 2.21. The van der Waals surface area contributed by atoms with Crippen LogP contribution in [0.2, 0.25) is 10.0 Å². The Labute approximate surface area is 117 Å². The third-order valence-corrected chi connectivity index (χ3v) is 2.82. The van der Waals surface area contributed by atoms with Gasteiger partial charge in [-0.2, -0.15) is 13.2 Å². The van der Waals surface area contributed by atoms with Gasteiger partial charge in [-0.1, -0.05) is 29.3 Å². The Bertz CT molecular complexity index is 466. The maximum absolute atomic E-state index is 12.0. The molecule has 1 aromatic rings. The van der Waals surface area contributed by atoms with Crippen LogP contribution in [-0.2, 0) is 11.2 Å². The van der Waals surface area contributed by atoms with Crippen molar-refractivity contribution in [3.8, 4) is 0 Å². The Morgan fingerprint density at radius 1 is 1.37 bits per heavy atom. The highest BCUT2D eigenvalue weighted by Gasteiger charge is 2.38. The van der Waals surface area contributed by atoms with Gasteiger partial charge in [-0.25, -0.2) is 0 Å². The highest BCUT2D eigenvalue weighted by atomic mass is 35.5. The molecular formula is C11H10Cl2F3NO2. The van der Waals surface area contributed by atoms with Crippen molar-refractivity contribution in [1.29, 1.82) is 0 Å². The molecule has 1 aromatic carbocycles. The molecule has 0 aromatic heterocycles. The number of amides is 1. The van der Waals surface area contributed by atoms with E-state index in [0.717, 1.165) is 0 Å². The molecule has 0 heterocycles. The third kappa shape index (κ3) is 5.26. The highest BCUT2D eigenvalue weighted by molar-refractivity contribution is 6.35. The number of halogens is 5. The lowest BCUT2D eigenvalue weighted by Gasteiger charge is -2.15. The summed E-state index contributed by atoms with van der Waals surface area (Å²) >= 11 is 11.5. The van der Waals surface area contributed by atoms with Crippen molar-refractivity contribution in [1.82, 2.24) is 5.32 Å². The van der Waals surface area contributed by atoms with Gasteiger partial charge in [0.1, 0.15) is 0 Å². The van der Waals surface area contributed by atoms with Gasteiger partial charge in [0.2, 0.25) is 5.91 Å². The number of nitrogens with one attached hydrogen (secondary N) is 1. The Hall–Kier alpha value is -0.980. The van der Waals surface area contributed by atoms with Crippen LogP contribution in [0, 0.1) is 0 Å². The number of benzene rings is 1. The van der Waals surface area contributed by atoms with E-state index in [9.17, 15) is 18.0 Å². The summed E-state index contributed by atoms with van der Waals surface area (Å²) in [4.78, 5) is 11.4. The van der Waals surface area contributed by atoms with E-state index in [1.807, 2.05) is 5.32 Å². The average molecular weight is 316 g/mol. The molecule has 1 rings (SSSR count). The molecule has 0 spiro atoms. The minimum Gasteiger partial charge on any atom is -0.382 e. The first-order chi connectivity index (χ1) is 8.70. The molecule has 0 fully saturated rings. The van der Waals surface area contributed by atoms with Crippen LogP contribution in [0.5, 0.6) is 0 Å². The maximum atomic E-state index is 12.0. The van der Waals surface area contributed by atoms with Crippen LogP contribution in [-0.4, -0.2) is 29.8 Å². The summed E-state index contributed by atoms with van der Waals surface area (Å²) in [6.45, 7) is -0.895. The van der Waals surface area contributed by atoms with Crippen LogP contribution in [0.1, 0.15) is 5.56 Å². The molecule has 19 heavy (non-hydrogen) atoms. The summed E-state index contributed by atoms with van der Waals surface area (Å²) in [5.74, 6) is -0.674. The van der Waals surface area contributed by atoms with Gasteiger partial charge in [-0.15, -0.1) is 0 Å². The molecule has 0 aliphatic carbocycles. The fraction of sp³-hybridized carbons (Fsp3) is 0.364. The molecule has 3 nitrogen and oxygen atoms in total. The van der Waals surface area contributed by atoms with E-state index in [-0.39, 0.29) is 11.4 Å². The second kappa shape index (κ2) is 6.45. The molecular weight excluding hydrogens is 306 g/mol. The fourth-order valence-electron chi connectivity index (χ4n) is 1.23. The molecule has 0 bridgehead atoms. The molecule has 0 saturated heterocycles. The predicted octanol–water partition coefficient (Wildman–Crippen LogP) is 2.58. The van der Waals surface area contributed by atoms with Crippen LogP contribution in [0.25, 0.3) is 0 Å². The van der Waals surface area contributed by atoms with Crippen LogP contribution in [0.3, 0.4) is 0 Å². The second-order valence-electron chi connectivity index (χ2n) is 3.77.